The second-order valence-electron chi connectivity index (χ2n) is 3.97. The number of halogens is 3. The van der Waals surface area contributed by atoms with Gasteiger partial charge < -0.3 is 4.90 Å². The predicted molar refractivity (Wildman–Crippen MR) is 85.1 cm³/mol. The van der Waals surface area contributed by atoms with Gasteiger partial charge in [0.1, 0.15) is 0 Å². The van der Waals surface area contributed by atoms with Crippen LogP contribution in [0.5, 0.6) is 0 Å². The Morgan fingerprint density at radius 2 is 2.06 bits per heavy atom. The normalized spacial score (nSPS) is 10.7. The summed E-state index contributed by atoms with van der Waals surface area (Å²) in [4.78, 5) is 3.43. The summed E-state index contributed by atoms with van der Waals surface area (Å²) in [5, 5.41) is 0. The van der Waals surface area contributed by atoms with Gasteiger partial charge in [0.25, 0.3) is 0 Å². The molecule has 0 N–H and O–H groups in total. The molecule has 1 nitrogen and oxygen atoms in total. The number of alkyl halides is 1. The summed E-state index contributed by atoms with van der Waals surface area (Å²) in [5.41, 5.74) is 2.27. The van der Waals surface area contributed by atoms with E-state index in [1.807, 2.05) is 12.1 Å². The summed E-state index contributed by atoms with van der Waals surface area (Å²) in [5.74, 6) is 0.504. The van der Waals surface area contributed by atoms with Crippen LogP contribution in [0.3, 0.4) is 0 Å². The first-order chi connectivity index (χ1) is 8.60. The van der Waals surface area contributed by atoms with Crippen LogP contribution in [0.25, 0.3) is 0 Å². The van der Waals surface area contributed by atoms with E-state index in [0.29, 0.717) is 5.88 Å². The topological polar surface area (TPSA) is 3.24 Å². The van der Waals surface area contributed by atoms with Crippen LogP contribution in [0, 0.1) is 0 Å². The van der Waals surface area contributed by atoms with Crippen LogP contribution >= 0.6 is 50.5 Å². The minimum absolute atomic E-state index is 0.504. The first-order valence-electron chi connectivity index (χ1n) is 5.40. The van der Waals surface area contributed by atoms with Gasteiger partial charge in [0, 0.05) is 28.0 Å². The average molecular weight is 365 g/mol. The first kappa shape index (κ1) is 14.2. The summed E-state index contributed by atoms with van der Waals surface area (Å²) < 4.78 is 1.88. The first-order valence-corrected chi connectivity index (χ1v) is 7.92. The Hall–Kier alpha value is -0.220. The van der Waals surface area contributed by atoms with Gasteiger partial charge in [-0.15, -0.1) is 22.9 Å². The molecule has 1 aromatic carbocycles. The molecule has 0 radical (unpaired) electrons. The van der Waals surface area contributed by atoms with Gasteiger partial charge in [-0.25, -0.2) is 0 Å². The second-order valence-corrected chi connectivity index (χ2v) is 6.95. The molecule has 0 aliphatic rings. The largest absolute Gasteiger partial charge is 0.369 e. The summed E-state index contributed by atoms with van der Waals surface area (Å²) in [6, 6.07) is 10.2. The van der Waals surface area contributed by atoms with E-state index in [0.717, 1.165) is 26.6 Å². The summed E-state index contributed by atoms with van der Waals surface area (Å²) in [7, 11) is 2.06. The number of thiophene rings is 1. The van der Waals surface area contributed by atoms with Crippen LogP contribution < -0.4 is 4.90 Å². The maximum absolute atomic E-state index is 5.99. The molecule has 1 heterocycles. The van der Waals surface area contributed by atoms with Crippen molar-refractivity contribution in [3.63, 3.8) is 0 Å². The summed E-state index contributed by atoms with van der Waals surface area (Å²) in [6.45, 7) is 0.836. The highest BCUT2D eigenvalue weighted by Crippen LogP contribution is 2.28. The fourth-order valence-corrected chi connectivity index (χ4v) is 3.55. The Morgan fingerprint density at radius 1 is 1.28 bits per heavy atom. The molecule has 18 heavy (non-hydrogen) atoms. The van der Waals surface area contributed by atoms with Gasteiger partial charge in [0.05, 0.1) is 10.9 Å². The lowest BCUT2D eigenvalue weighted by Gasteiger charge is -2.21. The van der Waals surface area contributed by atoms with Crippen molar-refractivity contribution in [2.75, 3.05) is 11.9 Å². The van der Waals surface area contributed by atoms with Crippen molar-refractivity contribution in [1.82, 2.24) is 0 Å². The van der Waals surface area contributed by atoms with Gasteiger partial charge >= 0.3 is 0 Å². The van der Waals surface area contributed by atoms with Crippen molar-refractivity contribution in [3.8, 4) is 0 Å². The molecule has 0 bridgehead atoms. The maximum atomic E-state index is 5.99. The third-order valence-electron chi connectivity index (χ3n) is 2.62. The van der Waals surface area contributed by atoms with E-state index in [1.54, 1.807) is 11.3 Å². The lowest BCUT2D eigenvalue weighted by atomic mass is 10.2. The molecular weight excluding hydrogens is 353 g/mol. The molecule has 0 aliphatic heterocycles. The molecule has 0 aliphatic carbocycles. The molecule has 0 amide bonds. The quantitative estimate of drug-likeness (QED) is 0.644. The van der Waals surface area contributed by atoms with Crippen molar-refractivity contribution in [2.24, 2.45) is 0 Å². The van der Waals surface area contributed by atoms with Gasteiger partial charge in [0.15, 0.2) is 0 Å². The number of nitrogens with zero attached hydrogens (tertiary/aromatic N) is 1. The molecule has 0 fully saturated rings. The summed E-state index contributed by atoms with van der Waals surface area (Å²) >= 11 is 17.0. The highest BCUT2D eigenvalue weighted by molar-refractivity contribution is 9.10. The number of benzene rings is 1. The Bertz CT molecular complexity index is 542. The monoisotopic (exact) mass is 363 g/mol. The molecule has 0 saturated carbocycles. The lowest BCUT2D eigenvalue weighted by molar-refractivity contribution is 0.932. The van der Waals surface area contributed by atoms with Gasteiger partial charge in [-0.3, -0.25) is 0 Å². The van der Waals surface area contributed by atoms with E-state index in [1.165, 1.54) is 4.88 Å². The highest BCUT2D eigenvalue weighted by Gasteiger charge is 2.09. The zero-order valence-electron chi connectivity index (χ0n) is 9.79. The Labute approximate surface area is 129 Å². The minimum atomic E-state index is 0.504. The van der Waals surface area contributed by atoms with Gasteiger partial charge in [-0.05, 0) is 35.9 Å². The summed E-state index contributed by atoms with van der Waals surface area (Å²) in [6.07, 6.45) is 0. The molecule has 0 spiro atoms. The van der Waals surface area contributed by atoms with E-state index < -0.39 is 0 Å². The molecule has 2 aromatic rings. The zero-order chi connectivity index (χ0) is 13.1. The number of hydrogen-bond acceptors (Lipinski definition) is 2. The van der Waals surface area contributed by atoms with Gasteiger partial charge in [-0.1, -0.05) is 27.5 Å². The van der Waals surface area contributed by atoms with E-state index in [2.05, 4.69) is 46.1 Å². The van der Waals surface area contributed by atoms with Crippen LogP contribution in [0.15, 0.2) is 34.8 Å². The molecule has 0 atom stereocenters. The predicted octanol–water partition coefficient (Wildman–Crippen LogP) is 5.54. The highest BCUT2D eigenvalue weighted by atomic mass is 79.9. The van der Waals surface area contributed by atoms with Crippen LogP contribution in [0.1, 0.15) is 10.4 Å². The Balaban J connectivity index is 2.20. The fourth-order valence-electron chi connectivity index (χ4n) is 1.79. The van der Waals surface area contributed by atoms with Crippen molar-refractivity contribution in [3.05, 3.63) is 49.6 Å². The molecular formula is C13H12BrCl2NS. The van der Waals surface area contributed by atoms with E-state index in [4.69, 9.17) is 23.2 Å². The maximum Gasteiger partial charge on any atom is 0.0931 e. The molecule has 0 unspecified atom stereocenters. The van der Waals surface area contributed by atoms with E-state index in [9.17, 15) is 0 Å². The van der Waals surface area contributed by atoms with Gasteiger partial charge in [-0.2, -0.15) is 0 Å². The lowest BCUT2D eigenvalue weighted by Crippen LogP contribution is -2.17. The standard InChI is InChI=1S/C13H12BrCl2NS/c1-17(8-11-3-5-13(16)18-11)12-4-2-10(14)6-9(12)7-15/h2-6H,7-8H2,1H3. The average Bonchev–Trinajstić information content (AvgIpc) is 2.74. The van der Waals surface area contributed by atoms with Crippen molar-refractivity contribution in [1.29, 1.82) is 0 Å². The molecule has 0 saturated heterocycles. The third-order valence-corrected chi connectivity index (χ3v) is 4.62. The fraction of sp³-hybridized carbons (Fsp3) is 0.231. The van der Waals surface area contributed by atoms with Gasteiger partial charge in [0.2, 0.25) is 0 Å². The molecule has 2 rings (SSSR count). The molecule has 5 heteroatoms. The van der Waals surface area contributed by atoms with Crippen LogP contribution in [-0.4, -0.2) is 7.05 Å². The number of rotatable bonds is 4. The van der Waals surface area contributed by atoms with Crippen molar-refractivity contribution >= 4 is 56.2 Å². The zero-order valence-corrected chi connectivity index (χ0v) is 13.7. The Kier molecular flexibility index (Phi) is 4.96. The van der Waals surface area contributed by atoms with Crippen molar-refractivity contribution in [2.45, 2.75) is 12.4 Å². The van der Waals surface area contributed by atoms with E-state index >= 15 is 0 Å². The SMILES string of the molecule is CN(Cc1ccc(Cl)s1)c1ccc(Br)cc1CCl. The van der Waals surface area contributed by atoms with Crippen molar-refractivity contribution < 1.29 is 0 Å². The number of hydrogen-bond donors (Lipinski definition) is 0. The Morgan fingerprint density at radius 3 is 2.67 bits per heavy atom. The van der Waals surface area contributed by atoms with Crippen LogP contribution in [0.4, 0.5) is 5.69 Å². The third kappa shape index (κ3) is 3.41. The second kappa shape index (κ2) is 6.29. The smallest absolute Gasteiger partial charge is 0.0931 e. The molecule has 1 aromatic heterocycles. The number of anilines is 1. The molecule has 96 valence electrons. The minimum Gasteiger partial charge on any atom is -0.369 e. The van der Waals surface area contributed by atoms with Crippen LogP contribution in [0.2, 0.25) is 4.34 Å². The van der Waals surface area contributed by atoms with E-state index in [-0.39, 0.29) is 0 Å². The van der Waals surface area contributed by atoms with Crippen LogP contribution in [-0.2, 0) is 12.4 Å².